The van der Waals surface area contributed by atoms with Gasteiger partial charge in [0, 0.05) is 12.3 Å². The molecule has 3 N–H and O–H groups in total. The summed E-state index contributed by atoms with van der Waals surface area (Å²) in [4.78, 5) is 24.9. The molecule has 1 aromatic heterocycles. The molecule has 0 aromatic carbocycles. The molecule has 1 saturated carbocycles. The van der Waals surface area contributed by atoms with E-state index in [1.165, 1.54) is 0 Å². The number of hydrogen-bond donors (Lipinski definition) is 3. The first-order valence-corrected chi connectivity index (χ1v) is 6.31. The van der Waals surface area contributed by atoms with Gasteiger partial charge in [0.1, 0.15) is 0 Å². The molecule has 0 saturated heterocycles. The minimum absolute atomic E-state index is 0.00838. The van der Waals surface area contributed by atoms with Crippen molar-refractivity contribution in [3.63, 3.8) is 0 Å². The number of aliphatic hydroxyl groups excluding tert-OH is 1. The van der Waals surface area contributed by atoms with Crippen LogP contribution in [-0.2, 0) is 0 Å². The molecule has 2 unspecified atom stereocenters. The molecule has 0 spiro atoms. The van der Waals surface area contributed by atoms with Crippen LogP contribution in [-0.4, -0.2) is 38.2 Å². The first-order valence-electron chi connectivity index (χ1n) is 6.31. The lowest BCUT2D eigenvalue weighted by Crippen LogP contribution is -2.36. The van der Waals surface area contributed by atoms with Crippen molar-refractivity contribution < 1.29 is 19.9 Å². The second-order valence-electron chi connectivity index (χ2n) is 4.76. The number of carboxylic acid groups (broad SMARTS) is 1. The quantitative estimate of drug-likeness (QED) is 0.562. The smallest absolute Gasteiger partial charge is 0.337 e. The number of nitro groups is 1. The Kier molecular flexibility index (Phi) is 4.14. The third-order valence-electron chi connectivity index (χ3n) is 3.36. The molecule has 1 aliphatic carbocycles. The van der Waals surface area contributed by atoms with Crippen LogP contribution in [0.15, 0.2) is 12.3 Å². The lowest BCUT2D eigenvalue weighted by Gasteiger charge is -2.28. The molecule has 2 atom stereocenters. The van der Waals surface area contributed by atoms with Crippen LogP contribution >= 0.6 is 0 Å². The maximum Gasteiger partial charge on any atom is 0.337 e. The van der Waals surface area contributed by atoms with Crippen LogP contribution in [0.2, 0.25) is 0 Å². The number of aliphatic hydroxyl groups is 1. The summed E-state index contributed by atoms with van der Waals surface area (Å²) in [5.74, 6) is -1.28. The van der Waals surface area contributed by atoms with Gasteiger partial charge < -0.3 is 15.5 Å². The van der Waals surface area contributed by atoms with Crippen LogP contribution in [0.4, 0.5) is 11.5 Å². The summed E-state index contributed by atoms with van der Waals surface area (Å²) >= 11 is 0. The van der Waals surface area contributed by atoms with Gasteiger partial charge in [-0.25, -0.2) is 9.78 Å². The predicted molar refractivity (Wildman–Crippen MR) is 69.7 cm³/mol. The van der Waals surface area contributed by atoms with Crippen molar-refractivity contribution in [2.24, 2.45) is 0 Å². The summed E-state index contributed by atoms with van der Waals surface area (Å²) in [6.45, 7) is 0. The highest BCUT2D eigenvalue weighted by Gasteiger charge is 2.27. The minimum atomic E-state index is -1.27. The van der Waals surface area contributed by atoms with Gasteiger partial charge in [0.2, 0.25) is 5.82 Å². The third kappa shape index (κ3) is 3.02. The minimum Gasteiger partial charge on any atom is -0.478 e. The molecule has 0 bridgehead atoms. The highest BCUT2D eigenvalue weighted by molar-refractivity contribution is 5.88. The SMILES string of the molecule is O=C(O)c1cnc(NC2CCCCC2O)c([N+](=O)[O-])c1. The number of carboxylic acids is 1. The van der Waals surface area contributed by atoms with Crippen LogP contribution in [0.5, 0.6) is 0 Å². The Morgan fingerprint density at radius 3 is 2.75 bits per heavy atom. The Labute approximate surface area is 114 Å². The van der Waals surface area contributed by atoms with E-state index in [0.29, 0.717) is 12.8 Å². The standard InChI is InChI=1S/C12H15N3O5/c16-10-4-2-1-3-8(10)14-11-9(15(19)20)5-7(6-13-11)12(17)18/h5-6,8,10,16H,1-4H2,(H,13,14)(H,17,18). The van der Waals surface area contributed by atoms with Crippen LogP contribution in [0.25, 0.3) is 0 Å². The molecule has 1 heterocycles. The van der Waals surface area contributed by atoms with E-state index in [9.17, 15) is 20.0 Å². The van der Waals surface area contributed by atoms with E-state index in [2.05, 4.69) is 10.3 Å². The van der Waals surface area contributed by atoms with Gasteiger partial charge in [-0.2, -0.15) is 0 Å². The molecule has 0 radical (unpaired) electrons. The van der Waals surface area contributed by atoms with Crippen LogP contribution in [0.1, 0.15) is 36.0 Å². The van der Waals surface area contributed by atoms with E-state index in [0.717, 1.165) is 25.1 Å². The molecule has 108 valence electrons. The number of hydrogen-bond acceptors (Lipinski definition) is 6. The fourth-order valence-electron chi connectivity index (χ4n) is 2.28. The number of nitrogens with one attached hydrogen (secondary N) is 1. The van der Waals surface area contributed by atoms with Crippen molar-refractivity contribution in [1.82, 2.24) is 4.98 Å². The van der Waals surface area contributed by atoms with Gasteiger partial charge in [-0.3, -0.25) is 10.1 Å². The van der Waals surface area contributed by atoms with E-state index in [-0.39, 0.29) is 17.4 Å². The summed E-state index contributed by atoms with van der Waals surface area (Å²) < 4.78 is 0. The Bertz CT molecular complexity index is 534. The molecule has 8 heteroatoms. The van der Waals surface area contributed by atoms with Crippen molar-refractivity contribution in [2.45, 2.75) is 37.8 Å². The van der Waals surface area contributed by atoms with E-state index in [4.69, 9.17) is 5.11 Å². The number of nitrogens with zero attached hydrogens (tertiary/aromatic N) is 2. The molecule has 1 aromatic rings. The Morgan fingerprint density at radius 2 is 2.15 bits per heavy atom. The van der Waals surface area contributed by atoms with Gasteiger partial charge >= 0.3 is 11.7 Å². The van der Waals surface area contributed by atoms with Gasteiger partial charge in [0.05, 0.1) is 22.6 Å². The second kappa shape index (κ2) is 5.83. The number of rotatable bonds is 4. The summed E-state index contributed by atoms with van der Waals surface area (Å²) in [5.41, 5.74) is -0.644. The third-order valence-corrected chi connectivity index (χ3v) is 3.36. The van der Waals surface area contributed by atoms with Crippen molar-refractivity contribution in [2.75, 3.05) is 5.32 Å². The zero-order valence-corrected chi connectivity index (χ0v) is 10.7. The molecule has 0 amide bonds. The molecular weight excluding hydrogens is 266 g/mol. The maximum atomic E-state index is 11.0. The molecule has 1 fully saturated rings. The Morgan fingerprint density at radius 1 is 1.45 bits per heavy atom. The highest BCUT2D eigenvalue weighted by Crippen LogP contribution is 2.27. The van der Waals surface area contributed by atoms with Crippen LogP contribution in [0, 0.1) is 10.1 Å². The average Bonchev–Trinajstić information content (AvgIpc) is 2.41. The lowest BCUT2D eigenvalue weighted by molar-refractivity contribution is -0.384. The Hall–Kier alpha value is -2.22. The van der Waals surface area contributed by atoms with Crippen molar-refractivity contribution in [1.29, 1.82) is 0 Å². The Balaban J connectivity index is 2.26. The summed E-state index contributed by atoms with van der Waals surface area (Å²) in [6.07, 6.45) is 3.67. The van der Waals surface area contributed by atoms with E-state index < -0.39 is 22.7 Å². The van der Waals surface area contributed by atoms with Gasteiger partial charge in [0.15, 0.2) is 0 Å². The molecule has 2 rings (SSSR count). The van der Waals surface area contributed by atoms with Crippen molar-refractivity contribution in [3.8, 4) is 0 Å². The summed E-state index contributed by atoms with van der Waals surface area (Å²) in [5, 5.41) is 32.5. The first-order chi connectivity index (χ1) is 9.49. The lowest BCUT2D eigenvalue weighted by atomic mass is 9.92. The largest absolute Gasteiger partial charge is 0.478 e. The van der Waals surface area contributed by atoms with Crippen molar-refractivity contribution in [3.05, 3.63) is 27.9 Å². The van der Waals surface area contributed by atoms with E-state index >= 15 is 0 Å². The number of pyridine rings is 1. The van der Waals surface area contributed by atoms with Crippen LogP contribution in [0.3, 0.4) is 0 Å². The number of carbonyl (C=O) groups is 1. The summed E-state index contributed by atoms with van der Waals surface area (Å²) in [6, 6.07) is 0.665. The topological polar surface area (TPSA) is 126 Å². The molecule has 1 aliphatic rings. The zero-order valence-electron chi connectivity index (χ0n) is 10.7. The fourth-order valence-corrected chi connectivity index (χ4v) is 2.28. The monoisotopic (exact) mass is 281 g/mol. The number of aromatic carboxylic acids is 1. The normalized spacial score (nSPS) is 22.2. The molecular formula is C12H15N3O5. The first kappa shape index (κ1) is 14.2. The second-order valence-corrected chi connectivity index (χ2v) is 4.76. The molecule has 8 nitrogen and oxygen atoms in total. The van der Waals surface area contributed by atoms with Gasteiger partial charge in [-0.1, -0.05) is 12.8 Å². The van der Waals surface area contributed by atoms with E-state index in [1.807, 2.05) is 0 Å². The maximum absolute atomic E-state index is 11.0. The van der Waals surface area contributed by atoms with Crippen molar-refractivity contribution >= 4 is 17.5 Å². The van der Waals surface area contributed by atoms with Gasteiger partial charge in [-0.15, -0.1) is 0 Å². The average molecular weight is 281 g/mol. The van der Waals surface area contributed by atoms with Gasteiger partial charge in [0.25, 0.3) is 0 Å². The highest BCUT2D eigenvalue weighted by atomic mass is 16.6. The number of aromatic nitrogens is 1. The van der Waals surface area contributed by atoms with Crippen LogP contribution < -0.4 is 5.32 Å². The molecule has 0 aliphatic heterocycles. The summed E-state index contributed by atoms with van der Waals surface area (Å²) in [7, 11) is 0. The zero-order chi connectivity index (χ0) is 14.7. The molecule has 20 heavy (non-hydrogen) atoms. The fraction of sp³-hybridized carbons (Fsp3) is 0.500. The predicted octanol–water partition coefficient (Wildman–Crippen LogP) is 1.40. The van der Waals surface area contributed by atoms with E-state index in [1.54, 1.807) is 0 Å². The number of anilines is 1. The van der Waals surface area contributed by atoms with Gasteiger partial charge in [-0.05, 0) is 12.8 Å².